The fourth-order valence-corrected chi connectivity index (χ4v) is 2.42. The summed E-state index contributed by atoms with van der Waals surface area (Å²) in [6.45, 7) is 2.14. The third-order valence-corrected chi connectivity index (χ3v) is 3.40. The van der Waals surface area contributed by atoms with Gasteiger partial charge in [-0.15, -0.1) is 0 Å². The van der Waals surface area contributed by atoms with E-state index >= 15 is 0 Å². The first-order valence-corrected chi connectivity index (χ1v) is 6.51. The SMILES string of the molecule is O=C(CC1COCCN1)c1cncc2ccccc12. The summed E-state index contributed by atoms with van der Waals surface area (Å²) in [6.07, 6.45) is 3.90. The Kier molecular flexibility index (Phi) is 3.53. The number of fused-ring (bicyclic) bond motifs is 1. The van der Waals surface area contributed by atoms with E-state index in [-0.39, 0.29) is 11.8 Å². The van der Waals surface area contributed by atoms with Gasteiger partial charge in [0.1, 0.15) is 0 Å². The summed E-state index contributed by atoms with van der Waals surface area (Å²) in [6, 6.07) is 7.95. The molecule has 98 valence electrons. The van der Waals surface area contributed by atoms with Crippen molar-refractivity contribution >= 4 is 16.6 Å². The number of morpholine rings is 1. The molecule has 1 aromatic carbocycles. The molecule has 0 bridgehead atoms. The number of Topliss-reactive ketones (excluding diaryl/α,β-unsaturated/α-hetero) is 1. The second-order valence-electron chi connectivity index (χ2n) is 4.76. The van der Waals surface area contributed by atoms with Gasteiger partial charge in [-0.1, -0.05) is 24.3 Å². The first-order valence-electron chi connectivity index (χ1n) is 6.51. The molecule has 1 saturated heterocycles. The molecule has 0 radical (unpaired) electrons. The van der Waals surface area contributed by atoms with Gasteiger partial charge in [0, 0.05) is 42.4 Å². The van der Waals surface area contributed by atoms with Crippen LogP contribution in [0.2, 0.25) is 0 Å². The van der Waals surface area contributed by atoms with Gasteiger partial charge in [0.15, 0.2) is 5.78 Å². The maximum absolute atomic E-state index is 12.4. The van der Waals surface area contributed by atoms with E-state index in [1.54, 1.807) is 12.4 Å². The van der Waals surface area contributed by atoms with Crippen molar-refractivity contribution in [3.63, 3.8) is 0 Å². The molecule has 3 rings (SSSR count). The lowest BCUT2D eigenvalue weighted by Gasteiger charge is -2.23. The first kappa shape index (κ1) is 12.3. The lowest BCUT2D eigenvalue weighted by Crippen LogP contribution is -2.42. The fourth-order valence-electron chi connectivity index (χ4n) is 2.42. The molecule has 1 atom stereocenters. The van der Waals surface area contributed by atoms with E-state index in [1.807, 2.05) is 24.3 Å². The van der Waals surface area contributed by atoms with Gasteiger partial charge < -0.3 is 10.1 Å². The Bertz CT molecular complexity index is 586. The fraction of sp³-hybridized carbons (Fsp3) is 0.333. The molecule has 4 heteroatoms. The molecule has 0 spiro atoms. The number of aromatic nitrogens is 1. The third kappa shape index (κ3) is 2.64. The molecule has 1 aliphatic heterocycles. The van der Waals surface area contributed by atoms with Crippen molar-refractivity contribution < 1.29 is 9.53 Å². The Morgan fingerprint density at radius 3 is 3.11 bits per heavy atom. The molecule has 0 aliphatic carbocycles. The Balaban J connectivity index is 1.85. The summed E-state index contributed by atoms with van der Waals surface area (Å²) >= 11 is 0. The van der Waals surface area contributed by atoms with Gasteiger partial charge in [0.05, 0.1) is 13.2 Å². The minimum absolute atomic E-state index is 0.111. The summed E-state index contributed by atoms with van der Waals surface area (Å²) in [5.41, 5.74) is 0.700. The normalized spacial score (nSPS) is 19.5. The number of nitrogens with one attached hydrogen (secondary N) is 1. The molecule has 1 fully saturated rings. The van der Waals surface area contributed by atoms with Crippen LogP contribution in [0.15, 0.2) is 36.7 Å². The van der Waals surface area contributed by atoms with Crippen molar-refractivity contribution in [2.45, 2.75) is 12.5 Å². The number of hydrogen-bond donors (Lipinski definition) is 1. The molecule has 1 N–H and O–H groups in total. The number of carbonyl (C=O) groups excluding carboxylic acids is 1. The summed E-state index contributed by atoms with van der Waals surface area (Å²) in [5.74, 6) is 0.118. The van der Waals surface area contributed by atoms with E-state index in [0.29, 0.717) is 18.6 Å². The van der Waals surface area contributed by atoms with Gasteiger partial charge in [0.2, 0.25) is 0 Å². The Morgan fingerprint density at radius 1 is 1.37 bits per heavy atom. The highest BCUT2D eigenvalue weighted by Gasteiger charge is 2.19. The topological polar surface area (TPSA) is 51.2 Å². The number of carbonyl (C=O) groups is 1. The standard InChI is InChI=1S/C15H16N2O2/c18-15(7-12-10-19-6-5-17-12)14-9-16-8-11-3-1-2-4-13(11)14/h1-4,8-9,12,17H,5-7,10H2. The van der Waals surface area contributed by atoms with E-state index in [2.05, 4.69) is 10.3 Å². The Morgan fingerprint density at radius 2 is 2.26 bits per heavy atom. The van der Waals surface area contributed by atoms with Crippen molar-refractivity contribution in [3.05, 3.63) is 42.2 Å². The molecule has 1 unspecified atom stereocenters. The van der Waals surface area contributed by atoms with Crippen LogP contribution in [0.3, 0.4) is 0 Å². The minimum atomic E-state index is 0.111. The number of hydrogen-bond acceptors (Lipinski definition) is 4. The quantitative estimate of drug-likeness (QED) is 0.851. The van der Waals surface area contributed by atoms with Crippen LogP contribution in [-0.2, 0) is 4.74 Å². The van der Waals surface area contributed by atoms with Gasteiger partial charge in [-0.3, -0.25) is 9.78 Å². The minimum Gasteiger partial charge on any atom is -0.378 e. The number of benzene rings is 1. The molecule has 2 heterocycles. The van der Waals surface area contributed by atoms with Crippen molar-refractivity contribution in [1.29, 1.82) is 0 Å². The average Bonchev–Trinajstić information content (AvgIpc) is 2.47. The lowest BCUT2D eigenvalue weighted by atomic mass is 10.00. The number of pyridine rings is 1. The Hall–Kier alpha value is -1.78. The number of nitrogens with zero attached hydrogens (tertiary/aromatic N) is 1. The summed E-state index contributed by atoms with van der Waals surface area (Å²) in [4.78, 5) is 16.5. The van der Waals surface area contributed by atoms with Crippen molar-refractivity contribution in [3.8, 4) is 0 Å². The highest BCUT2D eigenvalue weighted by atomic mass is 16.5. The zero-order valence-corrected chi connectivity index (χ0v) is 10.6. The van der Waals surface area contributed by atoms with Crippen LogP contribution in [0.25, 0.3) is 10.8 Å². The first-order chi connectivity index (χ1) is 9.34. The molecule has 2 aromatic rings. The average molecular weight is 256 g/mol. The lowest BCUT2D eigenvalue weighted by molar-refractivity contribution is 0.0676. The molecule has 19 heavy (non-hydrogen) atoms. The van der Waals surface area contributed by atoms with Gasteiger partial charge in [-0.25, -0.2) is 0 Å². The highest BCUT2D eigenvalue weighted by molar-refractivity contribution is 6.07. The molecule has 1 aromatic heterocycles. The van der Waals surface area contributed by atoms with Crippen molar-refractivity contribution in [2.75, 3.05) is 19.8 Å². The molecule has 0 amide bonds. The van der Waals surface area contributed by atoms with Crippen molar-refractivity contribution in [1.82, 2.24) is 10.3 Å². The van der Waals surface area contributed by atoms with Crippen LogP contribution in [0, 0.1) is 0 Å². The molecule has 0 saturated carbocycles. The van der Waals surface area contributed by atoms with Crippen LogP contribution in [0.4, 0.5) is 0 Å². The van der Waals surface area contributed by atoms with Gasteiger partial charge in [0.25, 0.3) is 0 Å². The number of ether oxygens (including phenoxy) is 1. The van der Waals surface area contributed by atoms with E-state index in [4.69, 9.17) is 4.74 Å². The highest BCUT2D eigenvalue weighted by Crippen LogP contribution is 2.19. The van der Waals surface area contributed by atoms with Crippen LogP contribution in [0.1, 0.15) is 16.8 Å². The largest absolute Gasteiger partial charge is 0.378 e. The molecule has 1 aliphatic rings. The Labute approximate surface area is 111 Å². The number of rotatable bonds is 3. The zero-order valence-electron chi connectivity index (χ0n) is 10.6. The zero-order chi connectivity index (χ0) is 13.1. The van der Waals surface area contributed by atoms with Crippen LogP contribution >= 0.6 is 0 Å². The van der Waals surface area contributed by atoms with E-state index < -0.39 is 0 Å². The third-order valence-electron chi connectivity index (χ3n) is 3.40. The van der Waals surface area contributed by atoms with E-state index in [1.165, 1.54) is 0 Å². The van der Waals surface area contributed by atoms with Crippen LogP contribution < -0.4 is 5.32 Å². The predicted molar refractivity (Wildman–Crippen MR) is 73.3 cm³/mol. The molecular formula is C15H16N2O2. The maximum atomic E-state index is 12.4. The summed E-state index contributed by atoms with van der Waals surface area (Å²) in [5, 5.41) is 5.27. The summed E-state index contributed by atoms with van der Waals surface area (Å²) < 4.78 is 5.38. The smallest absolute Gasteiger partial charge is 0.166 e. The van der Waals surface area contributed by atoms with Gasteiger partial charge >= 0.3 is 0 Å². The second kappa shape index (κ2) is 5.47. The van der Waals surface area contributed by atoms with Gasteiger partial charge in [-0.2, -0.15) is 0 Å². The van der Waals surface area contributed by atoms with Crippen LogP contribution in [0.5, 0.6) is 0 Å². The maximum Gasteiger partial charge on any atom is 0.166 e. The molecular weight excluding hydrogens is 240 g/mol. The predicted octanol–water partition coefficient (Wildman–Crippen LogP) is 1.80. The van der Waals surface area contributed by atoms with E-state index in [9.17, 15) is 4.79 Å². The molecule has 4 nitrogen and oxygen atoms in total. The monoisotopic (exact) mass is 256 g/mol. The van der Waals surface area contributed by atoms with Gasteiger partial charge in [-0.05, 0) is 5.39 Å². The van der Waals surface area contributed by atoms with Crippen LogP contribution in [-0.4, -0.2) is 36.6 Å². The van der Waals surface area contributed by atoms with E-state index in [0.717, 1.165) is 23.9 Å². The summed E-state index contributed by atoms with van der Waals surface area (Å²) in [7, 11) is 0. The number of ketones is 1. The second-order valence-corrected chi connectivity index (χ2v) is 4.76. The van der Waals surface area contributed by atoms with Crippen molar-refractivity contribution in [2.24, 2.45) is 0 Å².